The van der Waals surface area contributed by atoms with Crippen LogP contribution in [0.2, 0.25) is 0 Å². The van der Waals surface area contributed by atoms with Gasteiger partial charge >= 0.3 is 5.97 Å². The third kappa shape index (κ3) is 2.46. The van der Waals surface area contributed by atoms with Gasteiger partial charge in [0, 0.05) is 13.1 Å². The molecule has 2 heterocycles. The van der Waals surface area contributed by atoms with Gasteiger partial charge in [-0.1, -0.05) is 0 Å². The summed E-state index contributed by atoms with van der Waals surface area (Å²) in [6.07, 6.45) is 1.82. The number of hydrogen-bond acceptors (Lipinski definition) is 5. The Balaban J connectivity index is 1.91. The van der Waals surface area contributed by atoms with E-state index in [1.165, 1.54) is 10.6 Å². The molecule has 6 nitrogen and oxygen atoms in total. The Morgan fingerprint density at radius 1 is 1.47 bits per heavy atom. The number of carbonyl (C=O) groups is 1. The topological polar surface area (TPSA) is 76.2 Å². The fourth-order valence-corrected chi connectivity index (χ4v) is 3.10. The Bertz CT molecular complexity index is 410. The van der Waals surface area contributed by atoms with Crippen molar-refractivity contribution in [1.29, 1.82) is 0 Å². The Labute approximate surface area is 101 Å². The van der Waals surface area contributed by atoms with Crippen molar-refractivity contribution in [3.8, 4) is 0 Å². The second-order valence-corrected chi connectivity index (χ2v) is 6.46. The molecule has 0 aromatic heterocycles. The first-order valence-electron chi connectivity index (χ1n) is 5.68. The van der Waals surface area contributed by atoms with Gasteiger partial charge in [-0.2, -0.15) is 0 Å². The summed E-state index contributed by atoms with van der Waals surface area (Å²) in [6.45, 7) is 2.91. The number of hydrogen-bond donors (Lipinski definition) is 0. The van der Waals surface area contributed by atoms with E-state index >= 15 is 0 Å². The molecule has 1 atom stereocenters. The molecule has 0 aromatic carbocycles. The van der Waals surface area contributed by atoms with Crippen LogP contribution in [0.1, 0.15) is 19.8 Å². The minimum Gasteiger partial charge on any atom is -0.464 e. The highest BCUT2D eigenvalue weighted by Gasteiger charge is 2.62. The molecule has 0 aromatic rings. The fraction of sp³-hybridized carbons (Fsp3) is 0.900. The van der Waals surface area contributed by atoms with Gasteiger partial charge in [0.25, 0.3) is 0 Å². The zero-order valence-electron chi connectivity index (χ0n) is 10.0. The van der Waals surface area contributed by atoms with Gasteiger partial charge in [0.15, 0.2) is 6.10 Å². The highest BCUT2D eigenvalue weighted by molar-refractivity contribution is 7.88. The van der Waals surface area contributed by atoms with Gasteiger partial charge in [0.1, 0.15) is 5.60 Å². The second-order valence-electron chi connectivity index (χ2n) is 4.48. The van der Waals surface area contributed by atoms with Gasteiger partial charge in [-0.25, -0.2) is 17.5 Å². The van der Waals surface area contributed by atoms with Gasteiger partial charge in [-0.15, -0.1) is 0 Å². The molecule has 0 bridgehead atoms. The number of carbonyl (C=O) groups excluding carboxylic acids is 1. The molecule has 2 rings (SSSR count). The smallest absolute Gasteiger partial charge is 0.338 e. The maximum atomic E-state index is 11.5. The van der Waals surface area contributed by atoms with Crippen molar-refractivity contribution in [2.24, 2.45) is 0 Å². The van der Waals surface area contributed by atoms with Crippen LogP contribution in [0.4, 0.5) is 0 Å². The molecule has 17 heavy (non-hydrogen) atoms. The van der Waals surface area contributed by atoms with E-state index < -0.39 is 21.7 Å². The van der Waals surface area contributed by atoms with E-state index in [2.05, 4.69) is 0 Å². The van der Waals surface area contributed by atoms with Crippen LogP contribution in [0.3, 0.4) is 0 Å². The molecule has 2 fully saturated rings. The summed E-state index contributed by atoms with van der Waals surface area (Å²) >= 11 is 0. The van der Waals surface area contributed by atoms with Crippen LogP contribution < -0.4 is 0 Å². The van der Waals surface area contributed by atoms with Crippen molar-refractivity contribution in [2.45, 2.75) is 31.5 Å². The number of rotatable bonds is 3. The molecule has 0 N–H and O–H groups in total. The van der Waals surface area contributed by atoms with Crippen LogP contribution in [-0.2, 0) is 24.3 Å². The normalized spacial score (nSPS) is 28.0. The third-order valence-electron chi connectivity index (χ3n) is 3.31. The third-order valence-corrected chi connectivity index (χ3v) is 4.61. The van der Waals surface area contributed by atoms with E-state index in [0.29, 0.717) is 32.5 Å². The van der Waals surface area contributed by atoms with E-state index in [-0.39, 0.29) is 5.97 Å². The Kier molecular flexibility index (Phi) is 3.17. The lowest BCUT2D eigenvalue weighted by atomic mass is 9.94. The lowest BCUT2D eigenvalue weighted by molar-refractivity contribution is -0.144. The minimum absolute atomic E-state index is 0.333. The summed E-state index contributed by atoms with van der Waals surface area (Å²) in [5.41, 5.74) is -0.465. The number of esters is 1. The Hall–Kier alpha value is -0.660. The van der Waals surface area contributed by atoms with Gasteiger partial charge in [0.2, 0.25) is 10.0 Å². The monoisotopic (exact) mass is 263 g/mol. The average molecular weight is 263 g/mol. The molecule has 98 valence electrons. The molecule has 0 amide bonds. The van der Waals surface area contributed by atoms with Crippen molar-refractivity contribution in [1.82, 2.24) is 4.31 Å². The van der Waals surface area contributed by atoms with E-state index in [1.54, 1.807) is 6.92 Å². The largest absolute Gasteiger partial charge is 0.464 e. The first-order valence-corrected chi connectivity index (χ1v) is 7.53. The highest BCUT2D eigenvalue weighted by Crippen LogP contribution is 2.46. The van der Waals surface area contributed by atoms with Crippen LogP contribution in [0.15, 0.2) is 0 Å². The molecular weight excluding hydrogens is 246 g/mol. The zero-order chi connectivity index (χ0) is 12.7. The maximum absolute atomic E-state index is 11.5. The first kappa shape index (κ1) is 12.8. The van der Waals surface area contributed by atoms with E-state index in [0.717, 1.165) is 0 Å². The summed E-state index contributed by atoms with van der Waals surface area (Å²) in [5.74, 6) is -0.333. The van der Waals surface area contributed by atoms with Crippen molar-refractivity contribution < 1.29 is 22.7 Å². The van der Waals surface area contributed by atoms with Gasteiger partial charge < -0.3 is 9.47 Å². The van der Waals surface area contributed by atoms with Gasteiger partial charge in [0.05, 0.1) is 12.9 Å². The molecule has 2 aliphatic rings. The lowest BCUT2D eigenvalue weighted by Gasteiger charge is -2.28. The van der Waals surface area contributed by atoms with Crippen LogP contribution in [0.5, 0.6) is 0 Å². The summed E-state index contributed by atoms with van der Waals surface area (Å²) < 4.78 is 34.4. The quantitative estimate of drug-likeness (QED) is 0.518. The molecule has 1 spiro atoms. The van der Waals surface area contributed by atoms with Crippen molar-refractivity contribution in [3.63, 3.8) is 0 Å². The van der Waals surface area contributed by atoms with E-state index in [4.69, 9.17) is 9.47 Å². The molecule has 2 aliphatic heterocycles. The molecule has 0 aliphatic carbocycles. The molecule has 7 heteroatoms. The van der Waals surface area contributed by atoms with Gasteiger partial charge in [-0.3, -0.25) is 0 Å². The Morgan fingerprint density at radius 2 is 2.06 bits per heavy atom. The number of piperidine rings is 1. The van der Waals surface area contributed by atoms with Crippen molar-refractivity contribution >= 4 is 16.0 Å². The summed E-state index contributed by atoms with van der Waals surface area (Å²) in [7, 11) is -3.13. The van der Waals surface area contributed by atoms with Crippen LogP contribution in [0, 0.1) is 0 Å². The second kappa shape index (κ2) is 4.22. The molecule has 2 saturated heterocycles. The standard InChI is InChI=1S/C10H17NO5S/c1-3-15-9(12)8-10(16-8)4-6-11(7-5-10)17(2,13)14/h8H,3-7H2,1-2H3. The summed E-state index contributed by atoms with van der Waals surface area (Å²) in [6, 6.07) is 0. The molecular formula is C10H17NO5S. The maximum Gasteiger partial charge on any atom is 0.338 e. The zero-order valence-corrected chi connectivity index (χ0v) is 10.8. The fourth-order valence-electron chi connectivity index (χ4n) is 2.26. The van der Waals surface area contributed by atoms with E-state index in [1.807, 2.05) is 0 Å². The average Bonchev–Trinajstić information content (AvgIpc) is 2.92. The number of ether oxygens (including phenoxy) is 2. The van der Waals surface area contributed by atoms with Crippen LogP contribution in [-0.4, -0.2) is 56.3 Å². The minimum atomic E-state index is -3.13. The molecule has 1 unspecified atom stereocenters. The molecule has 0 saturated carbocycles. The lowest BCUT2D eigenvalue weighted by Crippen LogP contribution is -2.42. The Morgan fingerprint density at radius 3 is 2.53 bits per heavy atom. The predicted molar refractivity (Wildman–Crippen MR) is 59.9 cm³/mol. The van der Waals surface area contributed by atoms with Crippen molar-refractivity contribution in [2.75, 3.05) is 26.0 Å². The first-order chi connectivity index (χ1) is 7.89. The number of epoxide rings is 1. The molecule has 0 radical (unpaired) electrons. The van der Waals surface area contributed by atoms with Crippen LogP contribution >= 0.6 is 0 Å². The van der Waals surface area contributed by atoms with Crippen molar-refractivity contribution in [3.05, 3.63) is 0 Å². The van der Waals surface area contributed by atoms with Crippen LogP contribution in [0.25, 0.3) is 0 Å². The van der Waals surface area contributed by atoms with E-state index in [9.17, 15) is 13.2 Å². The summed E-state index contributed by atoms with van der Waals surface area (Å²) in [5, 5.41) is 0. The SMILES string of the molecule is CCOC(=O)C1OC12CCN(S(C)(=O)=O)CC2. The number of nitrogens with zero attached hydrogens (tertiary/aromatic N) is 1. The number of sulfonamides is 1. The van der Waals surface area contributed by atoms with Gasteiger partial charge in [-0.05, 0) is 19.8 Å². The summed E-state index contributed by atoms with van der Waals surface area (Å²) in [4.78, 5) is 11.5. The highest BCUT2D eigenvalue weighted by atomic mass is 32.2. The predicted octanol–water partition coefficient (Wildman–Crippen LogP) is -0.258.